The van der Waals surface area contributed by atoms with Crippen LogP contribution in [-0.4, -0.2) is 42.9 Å². The van der Waals surface area contributed by atoms with Gasteiger partial charge in [-0.15, -0.1) is 0 Å². The summed E-state index contributed by atoms with van der Waals surface area (Å²) in [7, 11) is 2.89. The van der Waals surface area contributed by atoms with Gasteiger partial charge in [0.05, 0.1) is 6.61 Å². The van der Waals surface area contributed by atoms with E-state index in [0.29, 0.717) is 0 Å². The zero-order valence-electron chi connectivity index (χ0n) is 16.2. The van der Waals surface area contributed by atoms with Crippen LogP contribution in [0, 0.1) is 0 Å². The first-order chi connectivity index (χ1) is 13.6. The van der Waals surface area contributed by atoms with Gasteiger partial charge in [-0.3, -0.25) is 0 Å². The molecule has 0 radical (unpaired) electrons. The highest BCUT2D eigenvalue weighted by molar-refractivity contribution is 5.53. The highest BCUT2D eigenvalue weighted by Gasteiger charge is 2.59. The van der Waals surface area contributed by atoms with Crippen molar-refractivity contribution in [2.75, 3.05) is 20.8 Å². The number of aliphatic hydroxyl groups excluding tert-OH is 1. The van der Waals surface area contributed by atoms with E-state index < -0.39 is 23.9 Å². The maximum Gasteiger partial charge on any atom is 0.212 e. The SMILES string of the molecule is COC(CO)C(O)(OC)C(c1ccccc1)(c1ccccc1)c1ccccc1. The lowest BCUT2D eigenvalue weighted by Gasteiger charge is -2.50. The Morgan fingerprint density at radius 1 is 0.714 bits per heavy atom. The maximum atomic E-state index is 12.0. The number of hydrogen-bond acceptors (Lipinski definition) is 4. The largest absolute Gasteiger partial charge is 0.393 e. The fraction of sp³-hybridized carbons (Fsp3) is 0.250. The van der Waals surface area contributed by atoms with Crippen LogP contribution in [0.15, 0.2) is 91.0 Å². The summed E-state index contributed by atoms with van der Waals surface area (Å²) in [5, 5.41) is 22.1. The van der Waals surface area contributed by atoms with Crippen molar-refractivity contribution in [3.63, 3.8) is 0 Å². The van der Waals surface area contributed by atoms with Crippen LogP contribution in [0.3, 0.4) is 0 Å². The van der Waals surface area contributed by atoms with Crippen LogP contribution in [0.5, 0.6) is 0 Å². The first-order valence-electron chi connectivity index (χ1n) is 9.23. The van der Waals surface area contributed by atoms with Crippen molar-refractivity contribution in [2.24, 2.45) is 0 Å². The van der Waals surface area contributed by atoms with Gasteiger partial charge >= 0.3 is 0 Å². The van der Waals surface area contributed by atoms with Crippen molar-refractivity contribution in [3.05, 3.63) is 108 Å². The third-order valence-corrected chi connectivity index (χ3v) is 5.36. The van der Waals surface area contributed by atoms with Crippen LogP contribution >= 0.6 is 0 Å². The van der Waals surface area contributed by atoms with Gasteiger partial charge in [0, 0.05) is 14.2 Å². The van der Waals surface area contributed by atoms with Gasteiger partial charge in [0.25, 0.3) is 0 Å². The average Bonchev–Trinajstić information content (AvgIpc) is 2.77. The second kappa shape index (κ2) is 8.67. The molecular weight excluding hydrogens is 352 g/mol. The van der Waals surface area contributed by atoms with E-state index in [1.165, 1.54) is 14.2 Å². The molecule has 0 bridgehead atoms. The molecule has 3 aromatic carbocycles. The molecule has 146 valence electrons. The third kappa shape index (κ3) is 3.15. The summed E-state index contributed by atoms with van der Waals surface area (Å²) in [5.74, 6) is -1.89. The van der Waals surface area contributed by atoms with Crippen LogP contribution in [0.2, 0.25) is 0 Å². The van der Waals surface area contributed by atoms with Crippen molar-refractivity contribution >= 4 is 0 Å². The van der Waals surface area contributed by atoms with E-state index in [2.05, 4.69) is 0 Å². The van der Waals surface area contributed by atoms with Crippen molar-refractivity contribution < 1.29 is 19.7 Å². The van der Waals surface area contributed by atoms with Crippen LogP contribution in [-0.2, 0) is 14.9 Å². The molecule has 0 aliphatic rings. The van der Waals surface area contributed by atoms with E-state index in [1.807, 2.05) is 91.0 Å². The van der Waals surface area contributed by atoms with Gasteiger partial charge in [-0.05, 0) is 16.7 Å². The normalized spacial score (nSPS) is 15.0. The van der Waals surface area contributed by atoms with E-state index in [4.69, 9.17) is 9.47 Å². The fourth-order valence-electron chi connectivity index (χ4n) is 4.07. The molecule has 2 atom stereocenters. The first kappa shape index (κ1) is 20.2. The van der Waals surface area contributed by atoms with E-state index in [-0.39, 0.29) is 0 Å². The molecular formula is C24H26O4. The maximum absolute atomic E-state index is 12.0. The number of benzene rings is 3. The van der Waals surface area contributed by atoms with Crippen LogP contribution in [0.25, 0.3) is 0 Å². The molecule has 4 nitrogen and oxygen atoms in total. The smallest absolute Gasteiger partial charge is 0.212 e. The second-order valence-corrected chi connectivity index (χ2v) is 6.66. The Balaban J connectivity index is 2.47. The second-order valence-electron chi connectivity index (χ2n) is 6.66. The van der Waals surface area contributed by atoms with Crippen molar-refractivity contribution in [1.82, 2.24) is 0 Å². The molecule has 3 aromatic rings. The Bertz CT molecular complexity index is 751. The molecule has 4 heteroatoms. The Morgan fingerprint density at radius 3 is 1.32 bits per heavy atom. The number of hydrogen-bond donors (Lipinski definition) is 2. The summed E-state index contributed by atoms with van der Waals surface area (Å²) < 4.78 is 11.3. The summed E-state index contributed by atoms with van der Waals surface area (Å²) in [5.41, 5.74) is 1.33. The monoisotopic (exact) mass is 378 g/mol. The molecule has 0 aliphatic carbocycles. The molecule has 0 saturated carbocycles. The lowest BCUT2D eigenvalue weighted by Crippen LogP contribution is -2.63. The molecule has 2 unspecified atom stereocenters. The van der Waals surface area contributed by atoms with Crippen molar-refractivity contribution in [2.45, 2.75) is 17.3 Å². The standard InChI is InChI=1S/C24H26O4/c1-27-22(18-25)24(26,28-2)23(19-12-6-3-7-13-19,20-14-8-4-9-15-20)21-16-10-5-11-17-21/h3-17,22,25-26H,18H2,1-2H3. The highest BCUT2D eigenvalue weighted by atomic mass is 16.6. The predicted molar refractivity (Wildman–Crippen MR) is 109 cm³/mol. The van der Waals surface area contributed by atoms with Crippen molar-refractivity contribution in [3.8, 4) is 0 Å². The molecule has 0 spiro atoms. The molecule has 0 aromatic heterocycles. The van der Waals surface area contributed by atoms with Gasteiger partial charge in [0.15, 0.2) is 0 Å². The van der Waals surface area contributed by atoms with Crippen LogP contribution in [0.4, 0.5) is 0 Å². The Morgan fingerprint density at radius 2 is 1.07 bits per heavy atom. The predicted octanol–water partition coefficient (Wildman–Crippen LogP) is 3.36. The lowest BCUT2D eigenvalue weighted by atomic mass is 9.62. The number of methoxy groups -OCH3 is 2. The van der Waals surface area contributed by atoms with Crippen LogP contribution < -0.4 is 0 Å². The van der Waals surface area contributed by atoms with E-state index in [0.717, 1.165) is 16.7 Å². The topological polar surface area (TPSA) is 58.9 Å². The zero-order chi connectivity index (χ0) is 20.0. The molecule has 0 aliphatic heterocycles. The Hall–Kier alpha value is -2.50. The molecule has 2 N–H and O–H groups in total. The van der Waals surface area contributed by atoms with Gasteiger partial charge in [0.2, 0.25) is 5.79 Å². The minimum Gasteiger partial charge on any atom is -0.393 e. The van der Waals surface area contributed by atoms with Gasteiger partial charge < -0.3 is 19.7 Å². The number of ether oxygens (including phenoxy) is 2. The summed E-state index contributed by atoms with van der Waals surface area (Å²) in [6, 6.07) is 29.0. The van der Waals surface area contributed by atoms with Gasteiger partial charge in [-0.1, -0.05) is 91.0 Å². The van der Waals surface area contributed by atoms with E-state index >= 15 is 0 Å². The number of aliphatic hydroxyl groups is 2. The summed E-state index contributed by atoms with van der Waals surface area (Å²) in [4.78, 5) is 0. The van der Waals surface area contributed by atoms with E-state index in [9.17, 15) is 10.2 Å². The summed E-state index contributed by atoms with van der Waals surface area (Å²) in [6.07, 6.45) is -0.988. The quantitative estimate of drug-likeness (QED) is 0.466. The first-order valence-corrected chi connectivity index (χ1v) is 9.23. The zero-order valence-corrected chi connectivity index (χ0v) is 16.2. The van der Waals surface area contributed by atoms with E-state index in [1.54, 1.807) is 0 Å². The molecule has 3 rings (SSSR count). The number of rotatable bonds is 8. The lowest BCUT2D eigenvalue weighted by molar-refractivity contribution is -0.279. The minimum atomic E-state index is -1.89. The summed E-state index contributed by atoms with van der Waals surface area (Å²) >= 11 is 0. The Labute approximate surface area is 166 Å². The molecule has 0 fully saturated rings. The molecule has 0 amide bonds. The molecule has 0 saturated heterocycles. The van der Waals surface area contributed by atoms with Gasteiger partial charge in [-0.2, -0.15) is 0 Å². The van der Waals surface area contributed by atoms with Crippen molar-refractivity contribution in [1.29, 1.82) is 0 Å². The summed E-state index contributed by atoms with van der Waals surface area (Å²) in [6.45, 7) is -0.408. The fourth-order valence-corrected chi connectivity index (χ4v) is 4.07. The highest BCUT2D eigenvalue weighted by Crippen LogP contribution is 2.49. The Kier molecular flexibility index (Phi) is 6.27. The van der Waals surface area contributed by atoms with Gasteiger partial charge in [0.1, 0.15) is 11.5 Å². The van der Waals surface area contributed by atoms with Gasteiger partial charge in [-0.25, -0.2) is 0 Å². The molecule has 0 heterocycles. The molecule has 28 heavy (non-hydrogen) atoms. The van der Waals surface area contributed by atoms with Crippen LogP contribution in [0.1, 0.15) is 16.7 Å². The average molecular weight is 378 g/mol. The third-order valence-electron chi connectivity index (χ3n) is 5.36. The minimum absolute atomic E-state index is 0.408.